The fourth-order valence-corrected chi connectivity index (χ4v) is 3.31. The van der Waals surface area contributed by atoms with E-state index in [1.54, 1.807) is 7.11 Å². The zero-order valence-corrected chi connectivity index (χ0v) is 12.7. The van der Waals surface area contributed by atoms with Gasteiger partial charge in [0.15, 0.2) is 0 Å². The second-order valence-electron chi connectivity index (χ2n) is 6.08. The summed E-state index contributed by atoms with van der Waals surface area (Å²) in [6.45, 7) is 3.25. The third kappa shape index (κ3) is 3.93. The summed E-state index contributed by atoms with van der Waals surface area (Å²) in [7, 11) is 1.71. The topological polar surface area (TPSA) is 56.8 Å². The van der Waals surface area contributed by atoms with Gasteiger partial charge in [0.25, 0.3) is 0 Å². The van der Waals surface area contributed by atoms with E-state index in [0.717, 1.165) is 25.7 Å². The average Bonchev–Trinajstić information content (AvgIpc) is 2.76. The Bertz CT molecular complexity index is 328. The van der Waals surface area contributed by atoms with Crippen LogP contribution in [0.2, 0.25) is 0 Å². The van der Waals surface area contributed by atoms with Gasteiger partial charge in [0.1, 0.15) is 5.72 Å². The van der Waals surface area contributed by atoms with Crippen molar-refractivity contribution in [1.29, 1.82) is 0 Å². The zero-order valence-electron chi connectivity index (χ0n) is 12.7. The van der Waals surface area contributed by atoms with Crippen LogP contribution in [0.15, 0.2) is 0 Å². The molecule has 5 heteroatoms. The largest absolute Gasteiger partial charge is 0.466 e. The number of nitrogens with one attached hydrogen (secondary N) is 1. The van der Waals surface area contributed by atoms with Gasteiger partial charge in [-0.3, -0.25) is 10.1 Å². The summed E-state index contributed by atoms with van der Waals surface area (Å²) in [5, 5.41) is 3.73. The van der Waals surface area contributed by atoms with Crippen LogP contribution in [0.4, 0.5) is 0 Å². The number of carbonyl (C=O) groups excluding carboxylic acids is 1. The molecule has 2 fully saturated rings. The maximum Gasteiger partial charge on any atom is 0.302 e. The van der Waals surface area contributed by atoms with Crippen molar-refractivity contribution in [3.63, 3.8) is 0 Å². The number of rotatable bonds is 6. The standard InChI is InChI=1S/C15H27NO4/c1-13(17)19-11-9-14(8-10-18-2)12-20-15(16-14)6-4-3-5-7-15/h16H,3-12H2,1-2H3. The van der Waals surface area contributed by atoms with Crippen molar-refractivity contribution in [3.8, 4) is 0 Å². The normalized spacial score (nSPS) is 28.7. The minimum atomic E-state index is -0.224. The van der Waals surface area contributed by atoms with E-state index in [-0.39, 0.29) is 17.2 Å². The first-order chi connectivity index (χ1) is 9.60. The first-order valence-corrected chi connectivity index (χ1v) is 7.65. The summed E-state index contributed by atoms with van der Waals surface area (Å²) >= 11 is 0. The summed E-state index contributed by atoms with van der Waals surface area (Å²) in [6.07, 6.45) is 7.55. The fraction of sp³-hybridized carbons (Fsp3) is 0.933. The lowest BCUT2D eigenvalue weighted by atomic mass is 9.88. The third-order valence-corrected chi connectivity index (χ3v) is 4.45. The molecule has 0 bridgehead atoms. The molecule has 1 N–H and O–H groups in total. The summed E-state index contributed by atoms with van der Waals surface area (Å²) in [5.74, 6) is -0.224. The van der Waals surface area contributed by atoms with Crippen LogP contribution in [0.25, 0.3) is 0 Å². The highest BCUT2D eigenvalue weighted by molar-refractivity contribution is 5.65. The lowest BCUT2D eigenvalue weighted by molar-refractivity contribution is -0.141. The van der Waals surface area contributed by atoms with Gasteiger partial charge in [-0.05, 0) is 32.1 Å². The molecule has 0 radical (unpaired) electrons. The quantitative estimate of drug-likeness (QED) is 0.756. The lowest BCUT2D eigenvalue weighted by Gasteiger charge is -2.36. The maximum atomic E-state index is 10.9. The molecule has 1 saturated heterocycles. The molecular formula is C15H27NO4. The predicted molar refractivity (Wildman–Crippen MR) is 75.4 cm³/mol. The molecule has 0 amide bonds. The summed E-state index contributed by atoms with van der Waals surface area (Å²) in [5.41, 5.74) is -0.273. The smallest absolute Gasteiger partial charge is 0.302 e. The molecule has 1 atom stereocenters. The van der Waals surface area contributed by atoms with Crippen LogP contribution in [0.5, 0.6) is 0 Å². The molecule has 1 unspecified atom stereocenters. The highest BCUT2D eigenvalue weighted by atomic mass is 16.5. The minimum absolute atomic E-state index is 0.122. The van der Waals surface area contributed by atoms with Gasteiger partial charge in [-0.25, -0.2) is 0 Å². The van der Waals surface area contributed by atoms with Gasteiger partial charge in [-0.15, -0.1) is 0 Å². The van der Waals surface area contributed by atoms with E-state index in [4.69, 9.17) is 14.2 Å². The van der Waals surface area contributed by atoms with E-state index in [0.29, 0.717) is 19.8 Å². The van der Waals surface area contributed by atoms with Crippen LogP contribution in [-0.2, 0) is 19.0 Å². The van der Waals surface area contributed by atoms with Crippen molar-refractivity contribution in [2.45, 2.75) is 63.1 Å². The third-order valence-electron chi connectivity index (χ3n) is 4.45. The van der Waals surface area contributed by atoms with Gasteiger partial charge in [0.05, 0.1) is 13.2 Å². The van der Waals surface area contributed by atoms with Crippen molar-refractivity contribution >= 4 is 5.97 Å². The molecule has 1 aliphatic carbocycles. The molecule has 0 aromatic carbocycles. The molecule has 0 aromatic rings. The monoisotopic (exact) mass is 285 g/mol. The van der Waals surface area contributed by atoms with Crippen molar-refractivity contribution in [1.82, 2.24) is 5.32 Å². The van der Waals surface area contributed by atoms with Gasteiger partial charge in [-0.2, -0.15) is 0 Å². The van der Waals surface area contributed by atoms with Crippen LogP contribution in [0.1, 0.15) is 51.9 Å². The summed E-state index contributed by atoms with van der Waals surface area (Å²) < 4.78 is 16.5. The van der Waals surface area contributed by atoms with Crippen molar-refractivity contribution in [2.75, 3.05) is 26.9 Å². The Hall–Kier alpha value is -0.650. The second-order valence-corrected chi connectivity index (χ2v) is 6.08. The Morgan fingerprint density at radius 1 is 1.20 bits per heavy atom. The van der Waals surface area contributed by atoms with Crippen LogP contribution in [-0.4, -0.2) is 44.2 Å². The molecule has 20 heavy (non-hydrogen) atoms. The van der Waals surface area contributed by atoms with Crippen molar-refractivity contribution in [2.24, 2.45) is 0 Å². The highest BCUT2D eigenvalue weighted by Gasteiger charge is 2.48. The van der Waals surface area contributed by atoms with E-state index < -0.39 is 0 Å². The number of esters is 1. The van der Waals surface area contributed by atoms with Crippen LogP contribution >= 0.6 is 0 Å². The number of hydrogen-bond donors (Lipinski definition) is 1. The fourth-order valence-electron chi connectivity index (χ4n) is 3.31. The number of ether oxygens (including phenoxy) is 3. The minimum Gasteiger partial charge on any atom is -0.466 e. The molecule has 1 saturated carbocycles. The number of carbonyl (C=O) groups is 1. The molecule has 1 aliphatic heterocycles. The maximum absolute atomic E-state index is 10.9. The summed E-state index contributed by atoms with van der Waals surface area (Å²) in [4.78, 5) is 10.9. The van der Waals surface area contributed by atoms with Gasteiger partial charge in [0.2, 0.25) is 0 Å². The van der Waals surface area contributed by atoms with Gasteiger partial charge >= 0.3 is 5.97 Å². The van der Waals surface area contributed by atoms with E-state index in [1.165, 1.54) is 26.2 Å². The Kier molecular flexibility index (Phi) is 5.41. The van der Waals surface area contributed by atoms with E-state index in [1.807, 2.05) is 0 Å². The number of methoxy groups -OCH3 is 1. The molecular weight excluding hydrogens is 258 g/mol. The van der Waals surface area contributed by atoms with Crippen LogP contribution in [0.3, 0.4) is 0 Å². The number of hydrogen-bond acceptors (Lipinski definition) is 5. The molecule has 1 heterocycles. The SMILES string of the molecule is COCCC1(CCOC(C)=O)COC2(CCCCC2)N1. The van der Waals surface area contributed by atoms with Crippen molar-refractivity contribution < 1.29 is 19.0 Å². The predicted octanol–water partition coefficient (Wildman–Crippen LogP) is 2.00. The van der Waals surface area contributed by atoms with Gasteiger partial charge in [-0.1, -0.05) is 6.42 Å². The summed E-state index contributed by atoms with van der Waals surface area (Å²) in [6, 6.07) is 0. The van der Waals surface area contributed by atoms with E-state index in [9.17, 15) is 4.79 Å². The Morgan fingerprint density at radius 3 is 2.55 bits per heavy atom. The first-order valence-electron chi connectivity index (χ1n) is 7.65. The first kappa shape index (κ1) is 15.7. The molecule has 1 spiro atoms. The molecule has 5 nitrogen and oxygen atoms in total. The van der Waals surface area contributed by atoms with Crippen molar-refractivity contribution in [3.05, 3.63) is 0 Å². The second kappa shape index (κ2) is 6.87. The van der Waals surface area contributed by atoms with E-state index in [2.05, 4.69) is 5.32 Å². The molecule has 2 rings (SSSR count). The molecule has 2 aliphatic rings. The van der Waals surface area contributed by atoms with Gasteiger partial charge < -0.3 is 14.2 Å². The van der Waals surface area contributed by atoms with Crippen LogP contribution < -0.4 is 5.32 Å². The Morgan fingerprint density at radius 2 is 1.90 bits per heavy atom. The Balaban J connectivity index is 1.95. The highest BCUT2D eigenvalue weighted by Crippen LogP contribution is 2.38. The lowest BCUT2D eigenvalue weighted by Crippen LogP contribution is -2.53. The molecule has 116 valence electrons. The molecule has 0 aromatic heterocycles. The Labute approximate surface area is 121 Å². The zero-order chi connectivity index (χ0) is 14.5. The van der Waals surface area contributed by atoms with E-state index >= 15 is 0 Å². The van der Waals surface area contributed by atoms with Crippen LogP contribution in [0, 0.1) is 0 Å². The average molecular weight is 285 g/mol. The van der Waals surface area contributed by atoms with Gasteiger partial charge in [0, 0.05) is 32.6 Å².